The predicted molar refractivity (Wildman–Crippen MR) is 116 cm³/mol. The highest BCUT2D eigenvalue weighted by atomic mass is 16.1. The van der Waals surface area contributed by atoms with Crippen molar-refractivity contribution in [3.63, 3.8) is 0 Å². The molecule has 0 aliphatic rings. The van der Waals surface area contributed by atoms with Crippen LogP contribution < -0.4 is 5.73 Å². The SMILES string of the molecule is Cc1ncn(-c2cccc(-c3ccc4c([nH]c5ccccc54)c3C(N)=O)c2)c1C. The van der Waals surface area contributed by atoms with Crippen LogP contribution in [0.5, 0.6) is 0 Å². The van der Waals surface area contributed by atoms with Crippen LogP contribution in [0.1, 0.15) is 21.7 Å². The number of amides is 1. The summed E-state index contributed by atoms with van der Waals surface area (Å²) >= 11 is 0. The molecule has 1 amide bonds. The molecule has 0 unspecified atom stereocenters. The number of hydrogen-bond acceptors (Lipinski definition) is 2. The van der Waals surface area contributed by atoms with Gasteiger partial charge < -0.3 is 15.3 Å². The number of para-hydroxylation sites is 1. The van der Waals surface area contributed by atoms with Crippen LogP contribution in [0.3, 0.4) is 0 Å². The van der Waals surface area contributed by atoms with E-state index in [4.69, 9.17) is 5.73 Å². The second-order valence-corrected chi connectivity index (χ2v) is 7.28. The van der Waals surface area contributed by atoms with Gasteiger partial charge in [-0.1, -0.05) is 42.5 Å². The highest BCUT2D eigenvalue weighted by Crippen LogP contribution is 2.34. The Kier molecular flexibility index (Phi) is 3.77. The standard InChI is InChI=1S/C24H20N4O/c1-14-15(2)28(13-26-14)17-7-5-6-16(12-17)18-10-11-20-19-8-3-4-9-21(19)27-23(20)22(18)24(25)29/h3-13,27H,1-2H3,(H2,25,29). The van der Waals surface area contributed by atoms with Crippen LogP contribution >= 0.6 is 0 Å². The Morgan fingerprint density at radius 3 is 2.59 bits per heavy atom. The van der Waals surface area contributed by atoms with Crippen molar-refractivity contribution < 1.29 is 4.79 Å². The van der Waals surface area contributed by atoms with E-state index in [-0.39, 0.29) is 0 Å². The molecular formula is C24H20N4O. The topological polar surface area (TPSA) is 76.7 Å². The molecule has 0 bridgehead atoms. The Morgan fingerprint density at radius 1 is 1.00 bits per heavy atom. The average molecular weight is 380 g/mol. The zero-order valence-corrected chi connectivity index (χ0v) is 16.2. The van der Waals surface area contributed by atoms with E-state index in [1.54, 1.807) is 0 Å². The van der Waals surface area contributed by atoms with Crippen molar-refractivity contribution >= 4 is 27.7 Å². The van der Waals surface area contributed by atoms with Crippen LogP contribution in [-0.2, 0) is 0 Å². The Labute approximate surface area is 167 Å². The van der Waals surface area contributed by atoms with Crippen molar-refractivity contribution in [1.82, 2.24) is 14.5 Å². The average Bonchev–Trinajstić information content (AvgIpc) is 3.27. The molecule has 5 nitrogen and oxygen atoms in total. The molecule has 3 N–H and O–H groups in total. The Bertz CT molecular complexity index is 1410. The number of fused-ring (bicyclic) bond motifs is 3. The summed E-state index contributed by atoms with van der Waals surface area (Å²) in [5, 5.41) is 2.07. The molecule has 0 atom stereocenters. The Hall–Kier alpha value is -3.86. The first-order chi connectivity index (χ1) is 14.0. The van der Waals surface area contributed by atoms with Crippen LogP contribution in [0.2, 0.25) is 0 Å². The highest BCUT2D eigenvalue weighted by molar-refractivity contribution is 6.17. The van der Waals surface area contributed by atoms with Crippen LogP contribution in [0.15, 0.2) is 67.0 Å². The molecular weight excluding hydrogens is 360 g/mol. The molecule has 0 saturated carbocycles. The molecule has 0 spiro atoms. The first-order valence-electron chi connectivity index (χ1n) is 9.49. The summed E-state index contributed by atoms with van der Waals surface area (Å²) in [6, 6.07) is 20.1. The normalized spacial score (nSPS) is 11.4. The van der Waals surface area contributed by atoms with Crippen LogP contribution in [0.4, 0.5) is 0 Å². The van der Waals surface area contributed by atoms with Gasteiger partial charge in [-0.25, -0.2) is 4.98 Å². The van der Waals surface area contributed by atoms with Gasteiger partial charge in [-0.3, -0.25) is 4.79 Å². The Morgan fingerprint density at radius 2 is 1.83 bits per heavy atom. The fourth-order valence-electron chi connectivity index (χ4n) is 4.00. The number of aromatic amines is 1. The van der Waals surface area contributed by atoms with E-state index in [0.29, 0.717) is 5.56 Å². The predicted octanol–water partition coefficient (Wildman–Crippen LogP) is 4.89. The molecule has 5 rings (SSSR count). The second-order valence-electron chi connectivity index (χ2n) is 7.28. The molecule has 0 radical (unpaired) electrons. The smallest absolute Gasteiger partial charge is 0.251 e. The van der Waals surface area contributed by atoms with Crippen molar-refractivity contribution in [3.05, 3.63) is 83.9 Å². The summed E-state index contributed by atoms with van der Waals surface area (Å²) in [5.41, 5.74) is 12.9. The van der Waals surface area contributed by atoms with E-state index in [9.17, 15) is 4.79 Å². The maximum atomic E-state index is 12.5. The van der Waals surface area contributed by atoms with Gasteiger partial charge >= 0.3 is 0 Å². The third kappa shape index (κ3) is 2.63. The number of nitrogens with two attached hydrogens (primary N) is 1. The lowest BCUT2D eigenvalue weighted by Gasteiger charge is -2.12. The molecule has 142 valence electrons. The van der Waals surface area contributed by atoms with Gasteiger partial charge in [0.1, 0.15) is 0 Å². The number of rotatable bonds is 3. The van der Waals surface area contributed by atoms with E-state index in [1.165, 1.54) is 0 Å². The van der Waals surface area contributed by atoms with Gasteiger partial charge in [0, 0.05) is 27.7 Å². The minimum absolute atomic E-state index is 0.447. The van der Waals surface area contributed by atoms with Crippen LogP contribution in [-0.4, -0.2) is 20.4 Å². The third-order valence-corrected chi connectivity index (χ3v) is 5.62. The number of aryl methyl sites for hydroxylation is 1. The number of hydrogen-bond donors (Lipinski definition) is 2. The number of primary amides is 1. The maximum absolute atomic E-state index is 12.5. The molecule has 5 aromatic rings. The zero-order valence-electron chi connectivity index (χ0n) is 16.2. The van der Waals surface area contributed by atoms with Gasteiger partial charge in [-0.15, -0.1) is 0 Å². The molecule has 5 heteroatoms. The molecule has 2 heterocycles. The summed E-state index contributed by atoms with van der Waals surface area (Å²) in [5.74, 6) is -0.447. The van der Waals surface area contributed by atoms with Gasteiger partial charge in [0.15, 0.2) is 0 Å². The number of aromatic nitrogens is 3. The summed E-state index contributed by atoms with van der Waals surface area (Å²) in [6.07, 6.45) is 1.82. The molecule has 0 aliphatic carbocycles. The number of imidazole rings is 1. The van der Waals surface area contributed by atoms with E-state index in [1.807, 2.05) is 73.3 Å². The fourth-order valence-corrected chi connectivity index (χ4v) is 4.00. The van der Waals surface area contributed by atoms with Gasteiger partial charge in [0.05, 0.1) is 23.1 Å². The summed E-state index contributed by atoms with van der Waals surface area (Å²) in [4.78, 5) is 20.3. The molecule has 0 fully saturated rings. The first kappa shape index (κ1) is 17.3. The first-order valence-corrected chi connectivity index (χ1v) is 9.49. The minimum Gasteiger partial charge on any atom is -0.366 e. The van der Waals surface area contributed by atoms with E-state index in [0.717, 1.165) is 50.0 Å². The molecule has 3 aromatic carbocycles. The molecule has 0 saturated heterocycles. The minimum atomic E-state index is -0.447. The number of nitrogens with one attached hydrogen (secondary N) is 1. The third-order valence-electron chi connectivity index (χ3n) is 5.62. The zero-order chi connectivity index (χ0) is 20.1. The van der Waals surface area contributed by atoms with E-state index >= 15 is 0 Å². The van der Waals surface area contributed by atoms with Crippen molar-refractivity contribution in [1.29, 1.82) is 0 Å². The molecule has 2 aromatic heterocycles. The van der Waals surface area contributed by atoms with E-state index < -0.39 is 5.91 Å². The second kappa shape index (κ2) is 6.34. The summed E-state index contributed by atoms with van der Waals surface area (Å²) in [7, 11) is 0. The quantitative estimate of drug-likeness (QED) is 0.467. The number of H-pyrrole nitrogens is 1. The number of benzene rings is 3. The Balaban J connectivity index is 1.76. The van der Waals surface area contributed by atoms with Crippen molar-refractivity contribution in [3.8, 4) is 16.8 Å². The highest BCUT2D eigenvalue weighted by Gasteiger charge is 2.18. The maximum Gasteiger partial charge on any atom is 0.251 e. The van der Waals surface area contributed by atoms with Gasteiger partial charge in [0.2, 0.25) is 0 Å². The summed E-state index contributed by atoms with van der Waals surface area (Å²) in [6.45, 7) is 4.03. The lowest BCUT2D eigenvalue weighted by molar-refractivity contribution is 0.100. The summed E-state index contributed by atoms with van der Waals surface area (Å²) < 4.78 is 2.05. The number of carbonyl (C=O) groups excluding carboxylic acids is 1. The monoisotopic (exact) mass is 380 g/mol. The number of carbonyl (C=O) groups is 1. The van der Waals surface area contributed by atoms with Crippen molar-refractivity contribution in [2.45, 2.75) is 13.8 Å². The molecule has 29 heavy (non-hydrogen) atoms. The van der Waals surface area contributed by atoms with Crippen molar-refractivity contribution in [2.75, 3.05) is 0 Å². The molecule has 0 aliphatic heterocycles. The van der Waals surface area contributed by atoms with E-state index in [2.05, 4.69) is 22.1 Å². The van der Waals surface area contributed by atoms with Gasteiger partial charge in [0.25, 0.3) is 5.91 Å². The fraction of sp³-hybridized carbons (Fsp3) is 0.0833. The van der Waals surface area contributed by atoms with Crippen LogP contribution in [0.25, 0.3) is 38.6 Å². The lowest BCUT2D eigenvalue weighted by Crippen LogP contribution is -2.13. The largest absolute Gasteiger partial charge is 0.366 e. The van der Waals surface area contributed by atoms with Crippen molar-refractivity contribution in [2.24, 2.45) is 5.73 Å². The van der Waals surface area contributed by atoms with Gasteiger partial charge in [-0.2, -0.15) is 0 Å². The number of nitrogens with zero attached hydrogens (tertiary/aromatic N) is 2. The van der Waals surface area contributed by atoms with Crippen LogP contribution in [0, 0.1) is 13.8 Å². The van der Waals surface area contributed by atoms with Gasteiger partial charge in [-0.05, 0) is 43.2 Å². The lowest BCUT2D eigenvalue weighted by atomic mass is 9.96.